The van der Waals surface area contributed by atoms with Crippen LogP contribution in [-0.2, 0) is 37.2 Å². The van der Waals surface area contributed by atoms with E-state index in [0.717, 1.165) is 12.8 Å². The first-order valence-electron chi connectivity index (χ1n) is 9.27. The highest BCUT2D eigenvalue weighted by molar-refractivity contribution is 7.48. The molecule has 0 heterocycles. The molecule has 0 saturated heterocycles. The van der Waals surface area contributed by atoms with Gasteiger partial charge in [0.2, 0.25) is 0 Å². The summed E-state index contributed by atoms with van der Waals surface area (Å²) in [5.74, 6) is -1.15. The Balaban J connectivity index is 4.75. The Morgan fingerprint density at radius 2 is 1.29 bits per heavy atom. The van der Waals surface area contributed by atoms with Gasteiger partial charge in [-0.15, -0.1) is 0 Å². The Morgan fingerprint density at radius 1 is 0.857 bits per heavy atom. The second-order valence-corrected chi connectivity index (χ2v) is 8.24. The lowest BCUT2D eigenvalue weighted by atomic mass is 10.3. The number of esters is 2. The fourth-order valence-corrected chi connectivity index (χ4v) is 3.03. The third-order valence-corrected chi connectivity index (χ3v) is 4.67. The molecule has 2 atom stereocenters. The number of carbonyl (C=O) groups excluding carboxylic acids is 2. The molecule has 0 aliphatic carbocycles. The molecule has 0 aliphatic rings. The molecule has 0 N–H and O–H groups in total. The Labute approximate surface area is 167 Å². The first-order valence-corrected chi connectivity index (χ1v) is 10.7. The Kier molecular flexibility index (Phi) is 12.9. The van der Waals surface area contributed by atoms with Crippen LogP contribution >= 0.6 is 7.82 Å². The lowest BCUT2D eigenvalue weighted by Crippen LogP contribution is -2.23. The van der Waals surface area contributed by atoms with Gasteiger partial charge in [0.1, 0.15) is 12.2 Å². The minimum atomic E-state index is -3.93. The standard InChI is InChI=1S/C19H33O8P/c1-8-9-10-11-23-28(22,24-12-16(6)26-18(20)14(2)3)25-13-17(7)27-19(21)15(4)5/h16-17H,2,4,8-13H2,1,3,5-7H3. The van der Waals surface area contributed by atoms with Crippen molar-refractivity contribution < 1.29 is 37.2 Å². The second kappa shape index (κ2) is 13.7. The summed E-state index contributed by atoms with van der Waals surface area (Å²) in [4.78, 5) is 23.1. The Bertz CT molecular complexity index is 544. The normalized spacial score (nSPS) is 15.2. The van der Waals surface area contributed by atoms with Gasteiger partial charge in [0.05, 0.1) is 19.8 Å². The summed E-state index contributed by atoms with van der Waals surface area (Å²) in [7, 11) is -3.93. The first kappa shape index (κ1) is 26.5. The van der Waals surface area contributed by atoms with E-state index >= 15 is 0 Å². The molecule has 0 radical (unpaired) electrons. The zero-order valence-electron chi connectivity index (χ0n) is 17.5. The molecular formula is C19H33O8P. The number of hydrogen-bond donors (Lipinski definition) is 0. The number of unbranched alkanes of at least 4 members (excludes halogenated alkanes) is 2. The molecule has 0 amide bonds. The van der Waals surface area contributed by atoms with Crippen LogP contribution < -0.4 is 0 Å². The van der Waals surface area contributed by atoms with E-state index in [9.17, 15) is 14.2 Å². The second-order valence-electron chi connectivity index (χ2n) is 6.57. The van der Waals surface area contributed by atoms with Gasteiger partial charge in [-0.05, 0) is 34.1 Å². The van der Waals surface area contributed by atoms with Crippen molar-refractivity contribution in [1.82, 2.24) is 0 Å². The summed E-state index contributed by atoms with van der Waals surface area (Å²) in [6, 6.07) is 0. The molecule has 0 spiro atoms. The van der Waals surface area contributed by atoms with Crippen LogP contribution in [0.2, 0.25) is 0 Å². The fourth-order valence-electron chi connectivity index (χ4n) is 1.67. The maximum atomic E-state index is 12.8. The summed E-state index contributed by atoms with van der Waals surface area (Å²) in [6.07, 6.45) is 1.20. The quantitative estimate of drug-likeness (QED) is 0.167. The van der Waals surface area contributed by atoms with Gasteiger partial charge in [0, 0.05) is 11.1 Å². The largest absolute Gasteiger partial charge is 0.475 e. The molecule has 0 bridgehead atoms. The molecule has 28 heavy (non-hydrogen) atoms. The summed E-state index contributed by atoms with van der Waals surface area (Å²) in [6.45, 7) is 15.0. The predicted octanol–water partition coefficient (Wildman–Crippen LogP) is 4.35. The van der Waals surface area contributed by atoms with Crippen molar-refractivity contribution in [2.45, 2.75) is 66.1 Å². The maximum Gasteiger partial charge on any atom is 0.475 e. The van der Waals surface area contributed by atoms with Gasteiger partial charge in [-0.25, -0.2) is 14.2 Å². The molecule has 0 rings (SSSR count). The van der Waals surface area contributed by atoms with E-state index in [1.165, 1.54) is 13.8 Å². The molecular weight excluding hydrogens is 387 g/mol. The van der Waals surface area contributed by atoms with Crippen molar-refractivity contribution in [3.8, 4) is 0 Å². The SMILES string of the molecule is C=C(C)C(=O)OC(C)COP(=O)(OCCCCC)OCC(C)OC(=O)C(=C)C. The van der Waals surface area contributed by atoms with Gasteiger partial charge in [0.15, 0.2) is 0 Å². The molecule has 0 saturated carbocycles. The number of phosphoric acid groups is 1. The van der Waals surface area contributed by atoms with Gasteiger partial charge in [-0.3, -0.25) is 13.6 Å². The Morgan fingerprint density at radius 3 is 1.64 bits per heavy atom. The molecule has 0 aromatic carbocycles. The highest BCUT2D eigenvalue weighted by Crippen LogP contribution is 2.50. The maximum absolute atomic E-state index is 12.8. The van der Waals surface area contributed by atoms with Crippen molar-refractivity contribution >= 4 is 19.8 Å². The monoisotopic (exact) mass is 420 g/mol. The number of carbonyl (C=O) groups is 2. The van der Waals surface area contributed by atoms with E-state index in [4.69, 9.17) is 23.0 Å². The van der Waals surface area contributed by atoms with Crippen LogP contribution in [0.5, 0.6) is 0 Å². The molecule has 0 fully saturated rings. The number of hydrogen-bond acceptors (Lipinski definition) is 8. The van der Waals surface area contributed by atoms with Gasteiger partial charge in [-0.1, -0.05) is 32.9 Å². The summed E-state index contributed by atoms with van der Waals surface area (Å²) in [5, 5.41) is 0. The summed E-state index contributed by atoms with van der Waals surface area (Å²) < 4.78 is 38.9. The highest BCUT2D eigenvalue weighted by atomic mass is 31.2. The number of rotatable bonds is 15. The summed E-state index contributed by atoms with van der Waals surface area (Å²) in [5.41, 5.74) is 0.491. The zero-order chi connectivity index (χ0) is 21.7. The molecule has 9 heteroatoms. The first-order chi connectivity index (χ1) is 13.0. The minimum absolute atomic E-state index is 0.186. The van der Waals surface area contributed by atoms with Crippen LogP contribution in [0.15, 0.2) is 24.3 Å². The average molecular weight is 420 g/mol. The Hall–Kier alpha value is -1.47. The molecule has 2 unspecified atom stereocenters. The van der Waals surface area contributed by atoms with Gasteiger partial charge in [0.25, 0.3) is 0 Å². The van der Waals surface area contributed by atoms with E-state index in [0.29, 0.717) is 6.42 Å². The average Bonchev–Trinajstić information content (AvgIpc) is 2.62. The zero-order valence-corrected chi connectivity index (χ0v) is 18.4. The van der Waals surface area contributed by atoms with Crippen molar-refractivity contribution in [3.63, 3.8) is 0 Å². The minimum Gasteiger partial charge on any atom is -0.457 e. The van der Waals surface area contributed by atoms with Crippen LogP contribution in [0.1, 0.15) is 53.9 Å². The number of phosphoric ester groups is 1. The highest BCUT2D eigenvalue weighted by Gasteiger charge is 2.29. The van der Waals surface area contributed by atoms with E-state index in [1.54, 1.807) is 13.8 Å². The van der Waals surface area contributed by atoms with Crippen LogP contribution in [-0.4, -0.2) is 44.0 Å². The van der Waals surface area contributed by atoms with E-state index in [1.807, 2.05) is 6.92 Å². The molecule has 0 aromatic heterocycles. The van der Waals surface area contributed by atoms with Gasteiger partial charge >= 0.3 is 19.8 Å². The van der Waals surface area contributed by atoms with Gasteiger partial charge in [-0.2, -0.15) is 0 Å². The van der Waals surface area contributed by atoms with Crippen LogP contribution in [0.4, 0.5) is 0 Å². The third-order valence-electron chi connectivity index (χ3n) is 3.25. The molecule has 162 valence electrons. The van der Waals surface area contributed by atoms with Crippen molar-refractivity contribution in [3.05, 3.63) is 24.3 Å². The lowest BCUT2D eigenvalue weighted by Gasteiger charge is -2.22. The van der Waals surface area contributed by atoms with Crippen LogP contribution in [0, 0.1) is 0 Å². The fraction of sp³-hybridized carbons (Fsp3) is 0.684. The summed E-state index contributed by atoms with van der Waals surface area (Å²) >= 11 is 0. The van der Waals surface area contributed by atoms with Gasteiger partial charge < -0.3 is 9.47 Å². The van der Waals surface area contributed by atoms with Crippen LogP contribution in [0.25, 0.3) is 0 Å². The molecule has 8 nitrogen and oxygen atoms in total. The van der Waals surface area contributed by atoms with E-state index in [-0.39, 0.29) is 31.0 Å². The lowest BCUT2D eigenvalue weighted by molar-refractivity contribution is -0.145. The molecule has 0 aliphatic heterocycles. The van der Waals surface area contributed by atoms with Crippen molar-refractivity contribution in [2.24, 2.45) is 0 Å². The molecule has 0 aromatic rings. The van der Waals surface area contributed by atoms with Crippen molar-refractivity contribution in [2.75, 3.05) is 19.8 Å². The topological polar surface area (TPSA) is 97.4 Å². The van der Waals surface area contributed by atoms with Crippen molar-refractivity contribution in [1.29, 1.82) is 0 Å². The third kappa shape index (κ3) is 12.1. The predicted molar refractivity (Wildman–Crippen MR) is 106 cm³/mol. The van der Waals surface area contributed by atoms with E-state index in [2.05, 4.69) is 13.2 Å². The van der Waals surface area contributed by atoms with E-state index < -0.39 is 32.0 Å². The van der Waals surface area contributed by atoms with Crippen LogP contribution in [0.3, 0.4) is 0 Å². The number of ether oxygens (including phenoxy) is 2. The smallest absolute Gasteiger partial charge is 0.457 e.